The third kappa shape index (κ3) is 1.76. The van der Waals surface area contributed by atoms with Crippen molar-refractivity contribution >= 4 is 0 Å². The van der Waals surface area contributed by atoms with Crippen molar-refractivity contribution in [1.29, 1.82) is 0 Å². The maximum absolute atomic E-state index is 8.82. The number of H-pyrrole nitrogens is 1. The first kappa shape index (κ1) is 7.60. The van der Waals surface area contributed by atoms with Crippen molar-refractivity contribution in [2.75, 3.05) is 0 Å². The lowest BCUT2D eigenvalue weighted by Crippen LogP contribution is -1.84. The Morgan fingerprint density at radius 3 is 2.54 bits per heavy atom. The quantitative estimate of drug-likeness (QED) is 0.725. The largest absolute Gasteiger partial charge is 0.479 e. The molecule has 1 aromatic carbocycles. The van der Waals surface area contributed by atoms with Gasteiger partial charge in [-0.25, -0.2) is 0 Å². The zero-order valence-electron chi connectivity index (χ0n) is 6.64. The average molecular weight is 177 g/mol. The summed E-state index contributed by atoms with van der Waals surface area (Å²) in [5, 5.41) is 15.7. The predicted molar refractivity (Wildman–Crippen MR) is 44.6 cm³/mol. The number of aromatic amines is 1. The minimum Gasteiger partial charge on any atom is -0.479 e. The minimum absolute atomic E-state index is 0.170. The fourth-order valence-corrected chi connectivity index (χ4v) is 0.885. The first-order valence-corrected chi connectivity index (χ1v) is 3.69. The number of ether oxygens (including phenoxy) is 1. The normalized spacial score (nSPS) is 9.85. The summed E-state index contributed by atoms with van der Waals surface area (Å²) in [5.41, 5.74) is 0. The number of hydrogen-bond donors (Lipinski definition) is 2. The van der Waals surface area contributed by atoms with Crippen LogP contribution in [0.15, 0.2) is 30.3 Å². The summed E-state index contributed by atoms with van der Waals surface area (Å²) in [6.07, 6.45) is 0. The van der Waals surface area contributed by atoms with Crippen LogP contribution in [0, 0.1) is 0 Å². The second kappa shape index (κ2) is 3.14. The van der Waals surface area contributed by atoms with E-state index in [0.717, 1.165) is 0 Å². The summed E-state index contributed by atoms with van der Waals surface area (Å²) in [4.78, 5) is 2.44. The summed E-state index contributed by atoms with van der Waals surface area (Å²) in [6.45, 7) is 0. The Bertz CT molecular complexity index is 385. The Balaban J connectivity index is 2.15. The smallest absolute Gasteiger partial charge is 0.322 e. The molecule has 0 aliphatic carbocycles. The van der Waals surface area contributed by atoms with Gasteiger partial charge in [0.25, 0.3) is 0 Å². The first-order chi connectivity index (χ1) is 6.34. The number of para-hydroxylation sites is 1. The molecule has 0 atom stereocenters. The maximum Gasteiger partial charge on any atom is 0.322 e. The third-order valence-corrected chi connectivity index (χ3v) is 1.41. The molecular formula is C8H7N3O2. The molecule has 66 valence electrons. The van der Waals surface area contributed by atoms with Gasteiger partial charge in [-0.15, -0.1) is 0 Å². The topological polar surface area (TPSA) is 71.0 Å². The number of nitrogens with zero attached hydrogens (tertiary/aromatic N) is 2. The molecule has 0 aliphatic heterocycles. The summed E-state index contributed by atoms with van der Waals surface area (Å²) in [6, 6.07) is 9.02. The molecule has 0 saturated carbocycles. The van der Waals surface area contributed by atoms with Crippen LogP contribution in [0.3, 0.4) is 0 Å². The van der Waals surface area contributed by atoms with Crippen LogP contribution in [0.25, 0.3) is 0 Å². The van der Waals surface area contributed by atoms with Crippen LogP contribution >= 0.6 is 0 Å². The highest BCUT2D eigenvalue weighted by atomic mass is 16.5. The number of nitrogens with one attached hydrogen (secondary N) is 1. The van der Waals surface area contributed by atoms with E-state index >= 15 is 0 Å². The van der Waals surface area contributed by atoms with Gasteiger partial charge in [-0.2, -0.15) is 0 Å². The fourth-order valence-electron chi connectivity index (χ4n) is 0.885. The lowest BCUT2D eigenvalue weighted by molar-refractivity contribution is 0.420. The molecule has 2 aromatic rings. The second-order valence-electron chi connectivity index (χ2n) is 2.37. The van der Waals surface area contributed by atoms with Crippen LogP contribution in [0.2, 0.25) is 0 Å². The molecule has 1 aromatic heterocycles. The molecule has 0 amide bonds. The number of rotatable bonds is 2. The molecule has 1 heterocycles. The Morgan fingerprint density at radius 2 is 1.92 bits per heavy atom. The highest BCUT2D eigenvalue weighted by molar-refractivity contribution is 5.23. The molecule has 0 unspecified atom stereocenters. The van der Waals surface area contributed by atoms with Gasteiger partial charge in [0.05, 0.1) is 0 Å². The average Bonchev–Trinajstić information content (AvgIpc) is 2.53. The van der Waals surface area contributed by atoms with E-state index in [9.17, 15) is 0 Å². The van der Waals surface area contributed by atoms with Crippen molar-refractivity contribution in [1.82, 2.24) is 15.2 Å². The Morgan fingerprint density at radius 1 is 1.15 bits per heavy atom. The number of benzene rings is 1. The van der Waals surface area contributed by atoms with Crippen LogP contribution in [0.1, 0.15) is 0 Å². The third-order valence-electron chi connectivity index (χ3n) is 1.41. The summed E-state index contributed by atoms with van der Waals surface area (Å²) < 4.78 is 5.21. The van der Waals surface area contributed by atoms with Crippen molar-refractivity contribution in [2.24, 2.45) is 0 Å². The van der Waals surface area contributed by atoms with Gasteiger partial charge in [-0.1, -0.05) is 28.4 Å². The highest BCUT2D eigenvalue weighted by Crippen LogP contribution is 2.17. The van der Waals surface area contributed by atoms with E-state index in [2.05, 4.69) is 15.2 Å². The monoisotopic (exact) mass is 177 g/mol. The van der Waals surface area contributed by atoms with E-state index in [1.165, 1.54) is 0 Å². The standard InChI is InChI=1S/C8H7N3O2/c12-7-9-8(11-10-7)13-6-4-2-1-3-5-6/h1-5H,(H2,9,10,11,12). The first-order valence-electron chi connectivity index (χ1n) is 3.69. The van der Waals surface area contributed by atoms with Crippen LogP contribution in [-0.2, 0) is 0 Å². The molecule has 0 radical (unpaired) electrons. The van der Waals surface area contributed by atoms with Crippen LogP contribution in [0.4, 0.5) is 0 Å². The van der Waals surface area contributed by atoms with E-state index in [0.29, 0.717) is 5.75 Å². The Labute approximate surface area is 74.0 Å². The van der Waals surface area contributed by atoms with Gasteiger partial charge >= 0.3 is 12.0 Å². The van der Waals surface area contributed by atoms with E-state index in [1.54, 1.807) is 12.1 Å². The van der Waals surface area contributed by atoms with Gasteiger partial charge in [0.1, 0.15) is 5.75 Å². The van der Waals surface area contributed by atoms with Gasteiger partial charge < -0.3 is 9.84 Å². The lowest BCUT2D eigenvalue weighted by Gasteiger charge is -1.98. The van der Waals surface area contributed by atoms with Crippen LogP contribution in [0.5, 0.6) is 17.8 Å². The number of hydrogen-bond acceptors (Lipinski definition) is 4. The number of aromatic hydroxyl groups is 1. The lowest BCUT2D eigenvalue weighted by atomic mass is 10.3. The molecule has 0 spiro atoms. The van der Waals surface area contributed by atoms with Gasteiger partial charge in [0.15, 0.2) is 0 Å². The molecule has 5 heteroatoms. The molecule has 5 nitrogen and oxygen atoms in total. The highest BCUT2D eigenvalue weighted by Gasteiger charge is 2.01. The zero-order valence-corrected chi connectivity index (χ0v) is 6.64. The maximum atomic E-state index is 8.82. The second-order valence-corrected chi connectivity index (χ2v) is 2.37. The SMILES string of the molecule is Oc1nnc(Oc2ccccc2)[nH]1. The predicted octanol–water partition coefficient (Wildman–Crippen LogP) is 1.30. The van der Waals surface area contributed by atoms with Crippen molar-refractivity contribution < 1.29 is 9.84 Å². The zero-order chi connectivity index (χ0) is 9.10. The van der Waals surface area contributed by atoms with Crippen molar-refractivity contribution in [3.63, 3.8) is 0 Å². The van der Waals surface area contributed by atoms with E-state index in [1.807, 2.05) is 18.2 Å². The molecule has 0 fully saturated rings. The van der Waals surface area contributed by atoms with Crippen molar-refractivity contribution in [3.05, 3.63) is 30.3 Å². The molecule has 0 aliphatic rings. The van der Waals surface area contributed by atoms with Gasteiger partial charge in [0, 0.05) is 0 Å². The van der Waals surface area contributed by atoms with E-state index < -0.39 is 0 Å². The van der Waals surface area contributed by atoms with Gasteiger partial charge in [0.2, 0.25) is 0 Å². The van der Waals surface area contributed by atoms with Crippen molar-refractivity contribution in [3.8, 4) is 17.8 Å². The van der Waals surface area contributed by atoms with E-state index in [-0.39, 0.29) is 12.0 Å². The fraction of sp³-hybridized carbons (Fsp3) is 0. The molecule has 2 N–H and O–H groups in total. The van der Waals surface area contributed by atoms with Crippen LogP contribution in [-0.4, -0.2) is 20.3 Å². The molecule has 2 rings (SSSR count). The van der Waals surface area contributed by atoms with Crippen molar-refractivity contribution in [2.45, 2.75) is 0 Å². The number of aromatic nitrogens is 3. The van der Waals surface area contributed by atoms with Gasteiger partial charge in [-0.3, -0.25) is 4.98 Å². The summed E-state index contributed by atoms with van der Waals surface area (Å²) in [7, 11) is 0. The molecular weight excluding hydrogens is 170 g/mol. The minimum atomic E-state index is -0.258. The van der Waals surface area contributed by atoms with Gasteiger partial charge in [-0.05, 0) is 12.1 Å². The molecule has 0 bridgehead atoms. The molecule has 13 heavy (non-hydrogen) atoms. The molecule has 0 saturated heterocycles. The summed E-state index contributed by atoms with van der Waals surface area (Å²) in [5.74, 6) is 0.638. The van der Waals surface area contributed by atoms with Crippen LogP contribution < -0.4 is 4.74 Å². The Hall–Kier alpha value is -2.04. The Kier molecular flexibility index (Phi) is 1.84. The summed E-state index contributed by atoms with van der Waals surface area (Å²) >= 11 is 0. The van der Waals surface area contributed by atoms with E-state index in [4.69, 9.17) is 9.84 Å².